The quantitative estimate of drug-likeness (QED) is 0.0364. The second-order valence-corrected chi connectivity index (χ2v) is 33.9. The zero-order valence-electron chi connectivity index (χ0n) is 67.5. The lowest BCUT2D eigenvalue weighted by molar-refractivity contribution is -0.334. The fourth-order valence-corrected chi connectivity index (χ4v) is 18.2. The summed E-state index contributed by atoms with van der Waals surface area (Å²) < 4.78 is 45.6. The summed E-state index contributed by atoms with van der Waals surface area (Å²) in [5.74, 6) is -15.7. The number of nitrogens with one attached hydrogen (secondary N) is 8. The zero-order valence-corrected chi connectivity index (χ0v) is 69.0. The number of aromatic hydroxyl groups is 3. The fraction of sp³-hybridized carbons (Fsp3) is 0.459. The number of carboxylic acids is 1. The van der Waals surface area contributed by atoms with Crippen LogP contribution in [-0.2, 0) is 68.7 Å². The van der Waals surface area contributed by atoms with Gasteiger partial charge < -0.3 is 132 Å². The number of carboxylic acid groups (broad SMARTS) is 1. The molecule has 37 nitrogen and oxygen atoms in total. The highest BCUT2D eigenvalue weighted by Gasteiger charge is 2.61. The monoisotopic (exact) mass is 1760 g/mol. The van der Waals surface area contributed by atoms with Crippen molar-refractivity contribution in [3.05, 3.63) is 147 Å². The normalized spacial score (nSPS) is 30.0. The number of hydrogen-bond donors (Lipinski definition) is 19. The van der Waals surface area contributed by atoms with Gasteiger partial charge in [-0.25, -0.2) is 4.79 Å². The van der Waals surface area contributed by atoms with Crippen LogP contribution in [0.1, 0.15) is 136 Å². The van der Waals surface area contributed by atoms with Gasteiger partial charge in [0.1, 0.15) is 95.2 Å². The van der Waals surface area contributed by atoms with Crippen LogP contribution in [0.3, 0.4) is 0 Å². The molecule has 3 saturated heterocycles. The van der Waals surface area contributed by atoms with E-state index < -0.39 is 237 Å². The molecule has 8 heterocycles. The molecule has 22 atom stereocenters. The van der Waals surface area contributed by atoms with E-state index in [0.29, 0.717) is 12.2 Å². The number of likely N-dealkylation sites (tertiary alicyclic amines) is 1. The minimum absolute atomic E-state index is 0.0858. The van der Waals surface area contributed by atoms with Crippen LogP contribution in [0.2, 0.25) is 10.0 Å². The highest BCUT2D eigenvalue weighted by atomic mass is 35.5. The number of aliphatic carboxylic acids is 1. The van der Waals surface area contributed by atoms with E-state index in [4.69, 9.17) is 62.1 Å². The van der Waals surface area contributed by atoms with Crippen LogP contribution < -0.4 is 67.2 Å². The fourth-order valence-electron chi connectivity index (χ4n) is 17.8. The minimum atomic E-state index is -2.38. The molecule has 124 heavy (non-hydrogen) atoms. The van der Waals surface area contributed by atoms with E-state index in [2.05, 4.69) is 42.5 Å². The SMILES string of the molecule is CN[C@H](CC(C)C)C(=O)N[C@H]1C(=O)N[C@@H](CC(N)=O)C(=O)N[C@H]2C(=O)N[C@H]3C(=O)N[C@H](C(=O)N[C@H](C(=O)O)c4cc(O)cc(O)c4-c4cc3ccc4O)[C@H](O)c3ccc(c(Cl)c3)Oc3cc2cc(c3O[C@@H]2O[C@H](CO)[C@@H](O)[C@H](O)[C@H]2O[C@H]2C[C@](C)(NCc3ccc(OCCCN4C(=O)[C@@H]5[C@H]6CC[C@H](C6)[C@@H]5C4=O)cc3)[C@H](O)[C@H](C)O2)Oc2ccc(cc2Cl)[C@H]1O. The molecule has 6 aromatic rings. The molecule has 10 aliphatic rings. The molecule has 2 aliphatic carbocycles. The highest BCUT2D eigenvalue weighted by molar-refractivity contribution is 6.32. The van der Waals surface area contributed by atoms with Gasteiger partial charge in [0.05, 0.1) is 59.8 Å². The van der Waals surface area contributed by atoms with Crippen LogP contribution in [0.4, 0.5) is 0 Å². The van der Waals surface area contributed by atoms with Gasteiger partial charge in [-0.05, 0) is 165 Å². The molecule has 0 aromatic heterocycles. The van der Waals surface area contributed by atoms with Crippen molar-refractivity contribution in [2.75, 3.05) is 26.8 Å². The largest absolute Gasteiger partial charge is 0.508 e. The molecule has 39 heteroatoms. The van der Waals surface area contributed by atoms with E-state index in [1.165, 1.54) is 24.1 Å². The Morgan fingerprint density at radius 2 is 1.31 bits per heavy atom. The number of hydrogen-bond acceptors (Lipinski definition) is 28. The Labute approximate surface area is 718 Å². The molecular formula is C85H96Cl2N10O27. The van der Waals surface area contributed by atoms with Crippen LogP contribution in [-0.4, -0.2) is 221 Å². The third-order valence-corrected chi connectivity index (χ3v) is 24.8. The van der Waals surface area contributed by atoms with Gasteiger partial charge in [0.25, 0.3) is 0 Å². The highest BCUT2D eigenvalue weighted by Crippen LogP contribution is 2.57. The lowest BCUT2D eigenvalue weighted by Crippen LogP contribution is -2.65. The van der Waals surface area contributed by atoms with Gasteiger partial charge in [0.15, 0.2) is 29.9 Å². The molecule has 6 aromatic carbocycles. The maximum Gasteiger partial charge on any atom is 0.330 e. The number of likely N-dealkylation sites (N-methyl/N-ethyl adjacent to an activating group) is 1. The van der Waals surface area contributed by atoms with E-state index in [9.17, 15) is 84.6 Å². The van der Waals surface area contributed by atoms with Crippen molar-refractivity contribution < 1.29 is 132 Å². The van der Waals surface area contributed by atoms with Gasteiger partial charge in [0, 0.05) is 47.8 Å². The lowest BCUT2D eigenvalue weighted by atomic mass is 9.81. The molecule has 9 amide bonds. The van der Waals surface area contributed by atoms with Crippen LogP contribution in [0.25, 0.3) is 11.1 Å². The van der Waals surface area contributed by atoms with Crippen molar-refractivity contribution in [3.63, 3.8) is 0 Å². The Hall–Kier alpha value is -11.0. The summed E-state index contributed by atoms with van der Waals surface area (Å²) in [4.78, 5) is 146. The predicted octanol–water partition coefficient (Wildman–Crippen LogP) is 2.74. The molecule has 5 fully saturated rings. The van der Waals surface area contributed by atoms with E-state index in [-0.39, 0.29) is 101 Å². The van der Waals surface area contributed by atoms with E-state index in [1.54, 1.807) is 38.1 Å². The molecule has 0 spiro atoms. The molecule has 0 radical (unpaired) electrons. The first kappa shape index (κ1) is 89.2. The number of amides is 9. The number of aliphatic hydroxyl groups is 6. The smallest absolute Gasteiger partial charge is 0.330 e. The Morgan fingerprint density at radius 1 is 0.694 bits per heavy atom. The van der Waals surface area contributed by atoms with Gasteiger partial charge in [-0.2, -0.15) is 0 Å². The number of imide groups is 1. The summed E-state index contributed by atoms with van der Waals surface area (Å²) in [7, 11) is 1.47. The number of nitrogens with zero attached hydrogens (tertiary/aromatic N) is 1. The van der Waals surface area contributed by atoms with Crippen LogP contribution in [0.15, 0.2) is 103 Å². The zero-order chi connectivity index (χ0) is 88.9. The summed E-state index contributed by atoms with van der Waals surface area (Å²) >= 11 is 14.3. The Kier molecular flexibility index (Phi) is 26.4. The molecule has 2 saturated carbocycles. The first-order valence-corrected chi connectivity index (χ1v) is 41.2. The maximum atomic E-state index is 16.2. The Morgan fingerprint density at radius 3 is 1.93 bits per heavy atom. The van der Waals surface area contributed by atoms with Crippen LogP contribution >= 0.6 is 23.2 Å². The standard InChI is InChI=1S/C85H96Cl2N10O27/c1-34(2)21-49(89-5)75(108)95-66-68(103)40-12-17-53(47(86)24-40)120-55-26-42-27-56(72(55)124-84-73(71(106)70(105)57(33-98)122-84)123-59-31-85(4,74(107)35(3)119-59)90-32-36-7-14-44(15-8-36)118-20-6-19-97-81(114)60-37-9-10-38(22-37)61(60)82(97)115)121-54-18-13-41(25-48(54)87)69(104)67-80(113)94-65(83(116)117)46-28-43(99)29-52(101)62(46)45-23-39(11-16-51(45)100)63(77(110)96-67)93-78(111)64(42)92-76(109)50(30-58(88)102)91-79(66)112/h7-8,11-18,23-29,34-35,37-38,49-50,57,59-61,63-71,73-74,84,89-90,98-101,103-107H,6,9-10,19-22,30-33H2,1-5H3,(H2,88,102)(H,91,112)(H,92,109)(H,93,111)(H,94,113)(H,95,108)(H,96,110)(H,116,117)/t35-,37-,38+,49+,50-,57+,59-,60+,61-,63+,64+,65-,66+,67-,68+,69+,70+,71-,73+,74+,84-,85-/m0/s1. The first-order valence-electron chi connectivity index (χ1n) is 40.5. The van der Waals surface area contributed by atoms with Gasteiger partial charge in [-0.1, -0.05) is 67.4 Å². The topological polar surface area (TPSA) is 563 Å². The van der Waals surface area contributed by atoms with Crippen LogP contribution in [0, 0.1) is 29.6 Å². The summed E-state index contributed by atoms with van der Waals surface area (Å²) in [6.45, 7) is 6.49. The van der Waals surface area contributed by atoms with Crippen molar-refractivity contribution in [2.24, 2.45) is 35.3 Å². The van der Waals surface area contributed by atoms with Crippen molar-refractivity contribution in [2.45, 2.75) is 188 Å². The summed E-state index contributed by atoms with van der Waals surface area (Å²) in [6.07, 6.45) is -15.7. The van der Waals surface area contributed by atoms with Crippen molar-refractivity contribution in [3.8, 4) is 62.9 Å². The number of nitrogens with two attached hydrogens (primary N) is 1. The van der Waals surface area contributed by atoms with Gasteiger partial charge in [-0.3, -0.25) is 48.1 Å². The van der Waals surface area contributed by atoms with Gasteiger partial charge in [0.2, 0.25) is 65.2 Å². The third-order valence-electron chi connectivity index (χ3n) is 24.2. The second kappa shape index (κ2) is 36.6. The third kappa shape index (κ3) is 18.3. The predicted molar refractivity (Wildman–Crippen MR) is 433 cm³/mol. The Bertz CT molecular complexity index is 5140. The average molecular weight is 1760 g/mol. The van der Waals surface area contributed by atoms with Gasteiger partial charge in [-0.15, -0.1) is 0 Å². The summed E-state index contributed by atoms with van der Waals surface area (Å²) in [5, 5.41) is 137. The number of phenolic OH excluding ortho intramolecular Hbond substituents is 3. The minimum Gasteiger partial charge on any atom is -0.508 e. The van der Waals surface area contributed by atoms with Gasteiger partial charge >= 0.3 is 5.97 Å². The molecule has 16 rings (SSSR count). The maximum absolute atomic E-state index is 16.2. The second-order valence-electron chi connectivity index (χ2n) is 33.0. The molecule has 0 unspecified atom stereocenters. The number of halogens is 2. The molecular weight excluding hydrogens is 1660 g/mol. The lowest BCUT2D eigenvalue weighted by Gasteiger charge is -2.48. The number of ether oxygens (including phenoxy) is 7. The van der Waals surface area contributed by atoms with Crippen molar-refractivity contribution >= 4 is 82.3 Å². The number of fused-ring (bicyclic) bond motifs is 20. The van der Waals surface area contributed by atoms with E-state index >= 15 is 14.4 Å². The number of aliphatic hydroxyl groups excluding tert-OH is 6. The first-order chi connectivity index (χ1) is 59.0. The average Bonchev–Trinajstić information content (AvgIpc) is 1.59. The number of rotatable bonds is 21. The van der Waals surface area contributed by atoms with E-state index in [1.807, 2.05) is 13.8 Å². The van der Waals surface area contributed by atoms with Crippen LogP contribution in [0.5, 0.6) is 51.7 Å². The number of carbonyl (C=O) groups excluding carboxylic acids is 9. The number of primary amides is 1. The van der Waals surface area contributed by atoms with Crippen molar-refractivity contribution in [1.29, 1.82) is 0 Å². The van der Waals surface area contributed by atoms with E-state index in [0.717, 1.165) is 91.6 Å². The number of phenols is 3. The molecule has 20 N–H and O–H groups in total. The van der Waals surface area contributed by atoms with Crippen molar-refractivity contribution in [1.82, 2.24) is 47.4 Å². The molecule has 13 bridgehead atoms. The summed E-state index contributed by atoms with van der Waals surface area (Å²) in [5.41, 5.74) is 2.32. The Balaban J connectivity index is 0.861. The summed E-state index contributed by atoms with van der Waals surface area (Å²) in [6, 6.07) is 6.27. The number of benzene rings is 6. The molecule has 662 valence electrons. The molecule has 8 aliphatic heterocycles. The number of carbonyl (C=O) groups is 10.